The van der Waals surface area contributed by atoms with Gasteiger partial charge in [0, 0.05) is 27.2 Å². The molecule has 1 N–H and O–H groups in total. The third kappa shape index (κ3) is 4.67. The number of halogens is 2. The number of para-hydroxylation sites is 1. The molecule has 0 unspecified atom stereocenters. The summed E-state index contributed by atoms with van der Waals surface area (Å²) in [6.45, 7) is -0.0748. The summed E-state index contributed by atoms with van der Waals surface area (Å²) in [5.74, 6) is -1.43. The Balaban J connectivity index is 1.74. The maximum Gasteiger partial charge on any atom is 0.313 e. The first-order valence-electron chi connectivity index (χ1n) is 9.61. The molecule has 33 heavy (non-hydrogen) atoms. The molecule has 10 heteroatoms. The molecule has 1 heterocycles. The van der Waals surface area contributed by atoms with Crippen LogP contribution in [0.15, 0.2) is 72.3 Å². The van der Waals surface area contributed by atoms with Crippen LogP contribution in [0.1, 0.15) is 11.1 Å². The van der Waals surface area contributed by atoms with Gasteiger partial charge in [-0.15, -0.1) is 0 Å². The molecule has 1 aliphatic rings. The minimum absolute atomic E-state index is 0.0458. The van der Waals surface area contributed by atoms with Crippen molar-refractivity contribution in [3.8, 4) is 5.75 Å². The molecule has 0 aliphatic carbocycles. The number of hydrogen-bond donors (Lipinski definition) is 1. The van der Waals surface area contributed by atoms with Crippen LogP contribution in [-0.2, 0) is 16.2 Å². The minimum atomic E-state index is -0.663. The van der Waals surface area contributed by atoms with Gasteiger partial charge in [0.25, 0.3) is 11.8 Å². The highest BCUT2D eigenvalue weighted by atomic mass is 35.5. The minimum Gasteiger partial charge on any atom is -0.481 e. The van der Waals surface area contributed by atoms with E-state index in [9.17, 15) is 19.7 Å². The van der Waals surface area contributed by atoms with E-state index in [1.165, 1.54) is 12.1 Å². The Bertz CT molecular complexity index is 1290. The highest BCUT2D eigenvalue weighted by molar-refractivity contribution is 6.33. The number of nitro benzene ring substituents is 1. The molecular formula is C23H15Cl2N3O5. The van der Waals surface area contributed by atoms with Crippen molar-refractivity contribution >= 4 is 52.5 Å². The zero-order chi connectivity index (χ0) is 23.5. The van der Waals surface area contributed by atoms with Gasteiger partial charge in [-0.3, -0.25) is 25.1 Å². The van der Waals surface area contributed by atoms with Crippen molar-refractivity contribution in [2.75, 3.05) is 5.01 Å². The maximum absolute atomic E-state index is 12.9. The van der Waals surface area contributed by atoms with Crippen LogP contribution in [0.4, 0.5) is 11.4 Å². The van der Waals surface area contributed by atoms with Gasteiger partial charge in [0.15, 0.2) is 0 Å². The second kappa shape index (κ2) is 9.32. The largest absolute Gasteiger partial charge is 0.481 e. The Morgan fingerprint density at radius 2 is 1.73 bits per heavy atom. The average molecular weight is 484 g/mol. The fourth-order valence-corrected chi connectivity index (χ4v) is 3.65. The van der Waals surface area contributed by atoms with Crippen LogP contribution >= 0.6 is 23.2 Å². The molecule has 4 rings (SSSR count). The summed E-state index contributed by atoms with van der Waals surface area (Å²) in [6, 6.07) is 17.9. The summed E-state index contributed by atoms with van der Waals surface area (Å²) in [5.41, 5.74) is 3.02. The van der Waals surface area contributed by atoms with E-state index < -0.39 is 22.4 Å². The summed E-state index contributed by atoms with van der Waals surface area (Å²) < 4.78 is 5.76. The van der Waals surface area contributed by atoms with Crippen LogP contribution in [0.2, 0.25) is 10.0 Å². The van der Waals surface area contributed by atoms with Crippen LogP contribution in [-0.4, -0.2) is 16.7 Å². The Morgan fingerprint density at radius 1 is 1.03 bits per heavy atom. The molecule has 166 valence electrons. The fourth-order valence-electron chi connectivity index (χ4n) is 3.24. The highest BCUT2D eigenvalue weighted by Crippen LogP contribution is 2.37. The lowest BCUT2D eigenvalue weighted by Gasteiger charge is -2.14. The molecule has 0 aromatic heterocycles. The van der Waals surface area contributed by atoms with Crippen molar-refractivity contribution in [1.82, 2.24) is 5.43 Å². The van der Waals surface area contributed by atoms with Gasteiger partial charge < -0.3 is 4.74 Å². The summed E-state index contributed by atoms with van der Waals surface area (Å²) in [5, 5.41) is 13.2. The molecule has 0 spiro atoms. The smallest absolute Gasteiger partial charge is 0.313 e. The number of rotatable bonds is 6. The van der Waals surface area contributed by atoms with E-state index in [1.807, 2.05) is 0 Å². The van der Waals surface area contributed by atoms with Gasteiger partial charge in [-0.2, -0.15) is 0 Å². The van der Waals surface area contributed by atoms with Gasteiger partial charge in [0.2, 0.25) is 5.75 Å². The molecule has 0 radical (unpaired) electrons. The summed E-state index contributed by atoms with van der Waals surface area (Å²) in [7, 11) is 0. The van der Waals surface area contributed by atoms with E-state index in [0.29, 0.717) is 16.3 Å². The van der Waals surface area contributed by atoms with Crippen molar-refractivity contribution in [2.45, 2.75) is 6.61 Å². The zero-order valence-corrected chi connectivity index (χ0v) is 18.3. The van der Waals surface area contributed by atoms with Gasteiger partial charge in [-0.1, -0.05) is 59.6 Å². The van der Waals surface area contributed by atoms with E-state index >= 15 is 0 Å². The van der Waals surface area contributed by atoms with Gasteiger partial charge in [0.1, 0.15) is 12.2 Å². The van der Waals surface area contributed by atoms with Gasteiger partial charge >= 0.3 is 5.69 Å². The summed E-state index contributed by atoms with van der Waals surface area (Å²) in [6.07, 6.45) is 1.22. The highest BCUT2D eigenvalue weighted by Gasteiger charge is 2.35. The lowest BCUT2D eigenvalue weighted by atomic mass is 10.1. The molecule has 1 aliphatic heterocycles. The first kappa shape index (κ1) is 22.3. The lowest BCUT2D eigenvalue weighted by Crippen LogP contribution is -2.35. The van der Waals surface area contributed by atoms with Crippen molar-refractivity contribution in [1.29, 1.82) is 0 Å². The third-order valence-corrected chi connectivity index (χ3v) is 5.38. The lowest BCUT2D eigenvalue weighted by molar-refractivity contribution is -0.385. The van der Waals surface area contributed by atoms with Gasteiger partial charge in [-0.05, 0) is 30.3 Å². The number of amides is 2. The molecule has 0 saturated carbocycles. The second-order valence-electron chi connectivity index (χ2n) is 6.96. The molecule has 3 aromatic rings. The third-order valence-electron chi connectivity index (χ3n) is 4.80. The molecule has 1 saturated heterocycles. The maximum atomic E-state index is 12.9. The number of hydrazine groups is 1. The number of nitrogens with zero attached hydrogens (tertiary/aromatic N) is 2. The first-order chi connectivity index (χ1) is 15.8. The summed E-state index contributed by atoms with van der Waals surface area (Å²) >= 11 is 12.2. The monoisotopic (exact) mass is 483 g/mol. The SMILES string of the molecule is O=C1NN(c2ccccc2)C(=O)/C1=C\c1cc(Cl)cc([N+](=O)[O-])c1OCc1ccccc1Cl. The van der Waals surface area contributed by atoms with Crippen LogP contribution in [0.25, 0.3) is 6.08 Å². The Morgan fingerprint density at radius 3 is 2.42 bits per heavy atom. The Hall–Kier alpha value is -3.88. The standard InChI is InChI=1S/C23H15Cl2N3O5/c24-16-10-15(11-18-22(29)26-27(23(18)30)17-7-2-1-3-8-17)21(20(12-16)28(31)32)33-13-14-6-4-5-9-19(14)25/h1-12H,13H2,(H,26,29)/b18-11-. The van der Waals surface area contributed by atoms with Crippen LogP contribution in [0, 0.1) is 10.1 Å². The van der Waals surface area contributed by atoms with Crippen molar-refractivity contribution in [2.24, 2.45) is 0 Å². The molecule has 2 amide bonds. The number of hydrogen-bond acceptors (Lipinski definition) is 5. The van der Waals surface area contributed by atoms with Crippen LogP contribution < -0.4 is 15.2 Å². The number of benzene rings is 3. The molecule has 1 fully saturated rings. The van der Waals surface area contributed by atoms with E-state index in [1.54, 1.807) is 54.6 Å². The molecule has 0 bridgehead atoms. The first-order valence-corrected chi connectivity index (χ1v) is 10.4. The van der Waals surface area contributed by atoms with E-state index in [-0.39, 0.29) is 28.5 Å². The number of carbonyl (C=O) groups is 2. The molecule has 0 atom stereocenters. The number of nitro groups is 1. The van der Waals surface area contributed by atoms with Gasteiger partial charge in [-0.25, -0.2) is 5.01 Å². The predicted molar refractivity (Wildman–Crippen MR) is 124 cm³/mol. The average Bonchev–Trinajstić information content (AvgIpc) is 3.08. The van der Waals surface area contributed by atoms with E-state index in [0.717, 1.165) is 11.1 Å². The molecule has 8 nitrogen and oxygen atoms in total. The number of ether oxygens (including phenoxy) is 1. The topological polar surface area (TPSA) is 102 Å². The number of anilines is 1. The van der Waals surface area contributed by atoms with Crippen molar-refractivity contribution in [3.63, 3.8) is 0 Å². The van der Waals surface area contributed by atoms with Crippen LogP contribution in [0.3, 0.4) is 0 Å². The molecule has 3 aromatic carbocycles. The van der Waals surface area contributed by atoms with Crippen molar-refractivity contribution in [3.05, 3.63) is 104 Å². The zero-order valence-electron chi connectivity index (χ0n) is 16.8. The van der Waals surface area contributed by atoms with E-state index in [2.05, 4.69) is 5.43 Å². The number of nitrogens with one attached hydrogen (secondary N) is 1. The van der Waals surface area contributed by atoms with Crippen molar-refractivity contribution < 1.29 is 19.2 Å². The quantitative estimate of drug-likeness (QED) is 0.231. The predicted octanol–water partition coefficient (Wildman–Crippen LogP) is 4.94. The Kier molecular flexibility index (Phi) is 6.30. The Labute approximate surface area is 198 Å². The molecular weight excluding hydrogens is 469 g/mol. The normalized spacial score (nSPS) is 14.5. The number of carbonyl (C=O) groups excluding carboxylic acids is 2. The second-order valence-corrected chi connectivity index (χ2v) is 7.80. The van der Waals surface area contributed by atoms with E-state index in [4.69, 9.17) is 27.9 Å². The van der Waals surface area contributed by atoms with Crippen LogP contribution in [0.5, 0.6) is 5.75 Å². The summed E-state index contributed by atoms with van der Waals surface area (Å²) in [4.78, 5) is 36.5. The van der Waals surface area contributed by atoms with Gasteiger partial charge in [0.05, 0.1) is 10.6 Å². The fraction of sp³-hybridized carbons (Fsp3) is 0.0435.